The molecule has 0 amide bonds. The average Bonchev–Trinajstić information content (AvgIpc) is 3.39. The first kappa shape index (κ1) is 20.6. The summed E-state index contributed by atoms with van der Waals surface area (Å²) in [5.41, 5.74) is 6.21. The molecule has 1 aliphatic rings. The molecule has 0 saturated heterocycles. The second-order valence-electron chi connectivity index (χ2n) is 9.17. The van der Waals surface area contributed by atoms with Gasteiger partial charge in [0.05, 0.1) is 22.7 Å². The Morgan fingerprint density at radius 2 is 1.08 bits per heavy atom. The van der Waals surface area contributed by atoms with E-state index in [-0.39, 0.29) is 0 Å². The Kier molecular flexibility index (Phi) is 4.42. The summed E-state index contributed by atoms with van der Waals surface area (Å²) in [7, 11) is 0. The van der Waals surface area contributed by atoms with Crippen molar-refractivity contribution in [3.63, 3.8) is 0 Å². The van der Waals surface area contributed by atoms with Crippen LogP contribution in [0.3, 0.4) is 0 Å². The molecule has 7 aromatic rings. The van der Waals surface area contributed by atoms with Crippen molar-refractivity contribution >= 4 is 61.4 Å². The van der Waals surface area contributed by atoms with Gasteiger partial charge in [-0.25, -0.2) is 0 Å². The lowest BCUT2D eigenvalue weighted by molar-refractivity contribution is 0.772. The normalized spacial score (nSPS) is 12.7. The van der Waals surface area contributed by atoms with Crippen LogP contribution in [-0.2, 0) is 0 Å². The van der Waals surface area contributed by atoms with Crippen LogP contribution in [-0.4, -0.2) is 15.0 Å². The minimum atomic E-state index is 0.870. The van der Waals surface area contributed by atoms with Gasteiger partial charge in [-0.1, -0.05) is 96.7 Å². The van der Waals surface area contributed by atoms with Gasteiger partial charge in [0, 0.05) is 25.9 Å². The van der Waals surface area contributed by atoms with Crippen molar-refractivity contribution in [2.75, 3.05) is 4.90 Å². The van der Waals surface area contributed by atoms with Crippen molar-refractivity contribution in [1.82, 2.24) is 15.0 Å². The number of benzene rings is 6. The lowest BCUT2D eigenvalue weighted by atomic mass is 10.0. The molecular weight excluding hydrogens is 472 g/mol. The first-order valence-electron chi connectivity index (χ1n) is 12.3. The molecule has 2 heterocycles. The fourth-order valence-corrected chi connectivity index (χ4v) is 6.42. The van der Waals surface area contributed by atoms with Crippen molar-refractivity contribution in [2.24, 2.45) is 0 Å². The summed E-state index contributed by atoms with van der Waals surface area (Å²) in [5.74, 6) is 0. The predicted octanol–water partition coefficient (Wildman–Crippen LogP) is 8.66. The zero-order valence-corrected chi connectivity index (χ0v) is 20.6. The van der Waals surface area contributed by atoms with Crippen molar-refractivity contribution in [1.29, 1.82) is 0 Å². The highest BCUT2D eigenvalue weighted by molar-refractivity contribution is 7.99. The highest BCUT2D eigenvalue weighted by atomic mass is 32.2. The summed E-state index contributed by atoms with van der Waals surface area (Å²) >= 11 is 1.82. The number of fused-ring (bicyclic) bond motifs is 6. The molecule has 1 aliphatic heterocycles. The molecule has 0 spiro atoms. The van der Waals surface area contributed by atoms with Gasteiger partial charge in [0.15, 0.2) is 0 Å². The van der Waals surface area contributed by atoms with E-state index < -0.39 is 0 Å². The molecular formula is C32H20N4S. The summed E-state index contributed by atoms with van der Waals surface area (Å²) in [6.07, 6.45) is 0. The zero-order chi connectivity index (χ0) is 24.3. The molecule has 174 valence electrons. The fraction of sp³-hybridized carbons (Fsp3) is 0. The van der Waals surface area contributed by atoms with Gasteiger partial charge in [0.25, 0.3) is 0 Å². The third-order valence-corrected chi connectivity index (χ3v) is 8.16. The quantitative estimate of drug-likeness (QED) is 0.242. The van der Waals surface area contributed by atoms with E-state index in [0.717, 1.165) is 38.6 Å². The maximum Gasteiger partial charge on any atom is 0.121 e. The van der Waals surface area contributed by atoms with E-state index in [9.17, 15) is 0 Å². The van der Waals surface area contributed by atoms with Crippen LogP contribution in [0, 0.1) is 0 Å². The Hall–Kier alpha value is -4.61. The van der Waals surface area contributed by atoms with E-state index in [1.165, 1.54) is 26.6 Å². The lowest BCUT2D eigenvalue weighted by Crippen LogP contribution is -2.15. The molecule has 0 atom stereocenters. The number of hydrogen-bond acceptors (Lipinski definition) is 4. The molecule has 0 fully saturated rings. The molecule has 0 saturated carbocycles. The molecule has 0 radical (unpaired) electrons. The van der Waals surface area contributed by atoms with Crippen molar-refractivity contribution in [3.8, 4) is 5.69 Å². The monoisotopic (exact) mass is 492 g/mol. The molecule has 8 rings (SSSR count). The number of aromatic nitrogens is 3. The SMILES string of the molecule is c1ccc2c(c1)Sc1ccccc1N2c1cc2nn(-c3cccc4ccccc34)nc2c2ccccc12. The fourth-order valence-electron chi connectivity index (χ4n) is 5.37. The van der Waals surface area contributed by atoms with Crippen LogP contribution < -0.4 is 4.90 Å². The molecule has 6 aromatic carbocycles. The molecule has 37 heavy (non-hydrogen) atoms. The number of rotatable bonds is 2. The summed E-state index contributed by atoms with van der Waals surface area (Å²) in [5, 5.41) is 14.6. The highest BCUT2D eigenvalue weighted by Gasteiger charge is 2.26. The summed E-state index contributed by atoms with van der Waals surface area (Å²) < 4.78 is 0. The molecule has 0 N–H and O–H groups in total. The summed E-state index contributed by atoms with van der Waals surface area (Å²) in [6, 6.07) is 42.6. The number of para-hydroxylation sites is 2. The zero-order valence-electron chi connectivity index (χ0n) is 19.7. The van der Waals surface area contributed by atoms with Crippen LogP contribution in [0.1, 0.15) is 0 Å². The second-order valence-corrected chi connectivity index (χ2v) is 10.3. The maximum absolute atomic E-state index is 5.02. The van der Waals surface area contributed by atoms with Crippen LogP contribution >= 0.6 is 11.8 Å². The van der Waals surface area contributed by atoms with Gasteiger partial charge in [-0.05, 0) is 41.8 Å². The molecule has 0 aliphatic carbocycles. The van der Waals surface area contributed by atoms with Gasteiger partial charge in [0.2, 0.25) is 0 Å². The van der Waals surface area contributed by atoms with Crippen molar-refractivity contribution in [2.45, 2.75) is 9.79 Å². The third kappa shape index (κ3) is 3.11. The van der Waals surface area contributed by atoms with Crippen molar-refractivity contribution in [3.05, 3.63) is 121 Å². The lowest BCUT2D eigenvalue weighted by Gasteiger charge is -2.33. The Labute approximate surface area is 217 Å². The van der Waals surface area contributed by atoms with Gasteiger partial charge in [-0.3, -0.25) is 0 Å². The highest BCUT2D eigenvalue weighted by Crippen LogP contribution is 2.52. The standard InChI is InChI=1S/C32H20N4S/c1-2-12-22-21(10-1)11-9-17-26(22)36-33-25-20-29(23-13-3-4-14-24(23)32(25)34-36)35-27-15-5-7-18-30(27)37-31-19-8-6-16-28(31)35/h1-20H. The smallest absolute Gasteiger partial charge is 0.121 e. The van der Waals surface area contributed by atoms with Crippen LogP contribution in [0.2, 0.25) is 0 Å². The van der Waals surface area contributed by atoms with Crippen molar-refractivity contribution < 1.29 is 0 Å². The Morgan fingerprint density at radius 1 is 0.486 bits per heavy atom. The van der Waals surface area contributed by atoms with Crippen LogP contribution in [0.4, 0.5) is 17.1 Å². The Morgan fingerprint density at radius 3 is 1.86 bits per heavy atom. The van der Waals surface area contributed by atoms with Crippen LogP contribution in [0.5, 0.6) is 0 Å². The summed E-state index contributed by atoms with van der Waals surface area (Å²) in [4.78, 5) is 6.64. The number of anilines is 3. The van der Waals surface area contributed by atoms with Gasteiger partial charge in [0.1, 0.15) is 11.0 Å². The first-order chi connectivity index (χ1) is 18.3. The van der Waals surface area contributed by atoms with Crippen LogP contribution in [0.25, 0.3) is 38.3 Å². The molecule has 0 unspecified atom stereocenters. The Balaban J connectivity index is 1.42. The number of hydrogen-bond donors (Lipinski definition) is 0. The number of nitrogens with zero attached hydrogens (tertiary/aromatic N) is 4. The first-order valence-corrected chi connectivity index (χ1v) is 13.1. The van der Waals surface area contributed by atoms with E-state index in [0.29, 0.717) is 0 Å². The minimum absolute atomic E-state index is 0.870. The van der Waals surface area contributed by atoms with E-state index >= 15 is 0 Å². The van der Waals surface area contributed by atoms with Gasteiger partial charge in [-0.15, -0.1) is 15.0 Å². The second kappa shape index (κ2) is 7.95. The predicted molar refractivity (Wildman–Crippen MR) is 153 cm³/mol. The van der Waals surface area contributed by atoms with Gasteiger partial charge in [-0.2, -0.15) is 0 Å². The van der Waals surface area contributed by atoms with Gasteiger partial charge >= 0.3 is 0 Å². The maximum atomic E-state index is 5.02. The Bertz CT molecular complexity index is 1940. The van der Waals surface area contributed by atoms with E-state index in [2.05, 4.69) is 126 Å². The van der Waals surface area contributed by atoms with Gasteiger partial charge < -0.3 is 4.90 Å². The molecule has 4 nitrogen and oxygen atoms in total. The largest absolute Gasteiger partial charge is 0.308 e. The van der Waals surface area contributed by atoms with E-state index in [1.807, 2.05) is 11.8 Å². The average molecular weight is 493 g/mol. The minimum Gasteiger partial charge on any atom is -0.308 e. The topological polar surface area (TPSA) is 34.0 Å². The third-order valence-electron chi connectivity index (χ3n) is 7.03. The van der Waals surface area contributed by atoms with Crippen LogP contribution in [0.15, 0.2) is 131 Å². The van der Waals surface area contributed by atoms with E-state index in [1.54, 1.807) is 4.80 Å². The molecule has 1 aromatic heterocycles. The molecule has 0 bridgehead atoms. The summed E-state index contributed by atoms with van der Waals surface area (Å²) in [6.45, 7) is 0. The molecule has 5 heteroatoms. The van der Waals surface area contributed by atoms with E-state index in [4.69, 9.17) is 10.2 Å².